The van der Waals surface area contributed by atoms with Gasteiger partial charge in [0.2, 0.25) is 0 Å². The summed E-state index contributed by atoms with van der Waals surface area (Å²) in [5, 5.41) is 0.791. The van der Waals surface area contributed by atoms with Crippen LogP contribution >= 0.6 is 11.6 Å². The molecule has 0 amide bonds. The number of likely N-dealkylation sites (N-methyl/N-ethyl adjacent to an activating group) is 1. The molecule has 14 heavy (non-hydrogen) atoms. The molecule has 2 rings (SSSR count). The molecule has 0 aromatic heterocycles. The Morgan fingerprint density at radius 1 is 1.43 bits per heavy atom. The van der Waals surface area contributed by atoms with E-state index in [1.165, 1.54) is 0 Å². The number of rotatable bonds is 3. The molecule has 1 aliphatic carbocycles. The minimum absolute atomic E-state index is 0.0356. The number of hydrogen-bond acceptors (Lipinski definition) is 2. The summed E-state index contributed by atoms with van der Waals surface area (Å²) >= 11 is 6.09. The van der Waals surface area contributed by atoms with Gasteiger partial charge >= 0.3 is 0 Å². The number of nitrogens with two attached hydrogens (primary N) is 1. The first-order valence-electron chi connectivity index (χ1n) is 4.85. The van der Waals surface area contributed by atoms with Crippen molar-refractivity contribution in [1.82, 2.24) is 0 Å². The normalized spacial score (nSPS) is 17.9. The van der Waals surface area contributed by atoms with Gasteiger partial charge in [-0.25, -0.2) is 0 Å². The molecule has 0 saturated heterocycles. The summed E-state index contributed by atoms with van der Waals surface area (Å²) in [7, 11) is 2.04. The predicted octanol–water partition coefficient (Wildman–Crippen LogP) is 2.27. The third-order valence-electron chi connectivity index (χ3n) is 2.71. The molecule has 3 heteroatoms. The molecule has 2 N–H and O–H groups in total. The maximum Gasteiger partial charge on any atom is 0.0639 e. The van der Waals surface area contributed by atoms with E-state index in [9.17, 15) is 0 Å². The number of anilines is 1. The van der Waals surface area contributed by atoms with E-state index in [4.69, 9.17) is 17.3 Å². The fourth-order valence-corrected chi connectivity index (χ4v) is 1.92. The molecule has 0 radical (unpaired) electrons. The van der Waals surface area contributed by atoms with Crippen molar-refractivity contribution in [3.8, 4) is 0 Å². The smallest absolute Gasteiger partial charge is 0.0639 e. The van der Waals surface area contributed by atoms with Crippen molar-refractivity contribution in [2.24, 2.45) is 5.73 Å². The Bertz CT molecular complexity index is 334. The van der Waals surface area contributed by atoms with Gasteiger partial charge in [-0.3, -0.25) is 0 Å². The molecule has 0 heterocycles. The summed E-state index contributed by atoms with van der Waals surface area (Å²) in [5.41, 5.74) is 7.15. The van der Waals surface area contributed by atoms with E-state index >= 15 is 0 Å². The van der Waals surface area contributed by atoms with Gasteiger partial charge in [-0.2, -0.15) is 0 Å². The van der Waals surface area contributed by atoms with Gasteiger partial charge in [0.15, 0.2) is 0 Å². The highest BCUT2D eigenvalue weighted by molar-refractivity contribution is 6.33. The van der Waals surface area contributed by atoms with Crippen molar-refractivity contribution >= 4 is 17.3 Å². The van der Waals surface area contributed by atoms with Crippen LogP contribution in [0.15, 0.2) is 24.3 Å². The van der Waals surface area contributed by atoms with Crippen molar-refractivity contribution in [2.75, 3.05) is 18.5 Å². The zero-order valence-corrected chi connectivity index (χ0v) is 9.09. The van der Waals surface area contributed by atoms with Crippen LogP contribution < -0.4 is 10.6 Å². The average Bonchev–Trinajstić information content (AvgIpc) is 2.84. The summed E-state index contributed by atoms with van der Waals surface area (Å²) < 4.78 is 0. The third-order valence-corrected chi connectivity index (χ3v) is 3.03. The second kappa shape index (κ2) is 3.44. The predicted molar refractivity (Wildman–Crippen MR) is 60.9 cm³/mol. The monoisotopic (exact) mass is 210 g/mol. The zero-order valence-electron chi connectivity index (χ0n) is 8.33. The van der Waals surface area contributed by atoms with E-state index in [2.05, 4.69) is 4.90 Å². The highest BCUT2D eigenvalue weighted by Gasteiger charge is 2.39. The fourth-order valence-electron chi connectivity index (χ4n) is 1.64. The van der Waals surface area contributed by atoms with Crippen LogP contribution in [0.2, 0.25) is 5.02 Å². The number of halogens is 1. The molecule has 1 aliphatic rings. The van der Waals surface area contributed by atoms with Crippen LogP contribution in [0.3, 0.4) is 0 Å². The van der Waals surface area contributed by atoms with Gasteiger partial charge in [0, 0.05) is 19.1 Å². The van der Waals surface area contributed by atoms with E-state index < -0.39 is 0 Å². The number of nitrogens with zero attached hydrogens (tertiary/aromatic N) is 1. The van der Waals surface area contributed by atoms with Gasteiger partial charge in [0.1, 0.15) is 0 Å². The molecule has 1 aromatic carbocycles. The van der Waals surface area contributed by atoms with Crippen molar-refractivity contribution in [1.29, 1.82) is 0 Å². The van der Waals surface area contributed by atoms with E-state index in [0.29, 0.717) is 0 Å². The van der Waals surface area contributed by atoms with Crippen LogP contribution in [-0.4, -0.2) is 19.1 Å². The molecular weight excluding hydrogens is 196 g/mol. The Labute approximate surface area is 89.7 Å². The lowest BCUT2D eigenvalue weighted by Crippen LogP contribution is -2.37. The highest BCUT2D eigenvalue weighted by atomic mass is 35.5. The number of para-hydroxylation sites is 1. The molecule has 0 aliphatic heterocycles. The molecule has 0 bridgehead atoms. The first-order chi connectivity index (χ1) is 6.61. The van der Waals surface area contributed by atoms with Crippen LogP contribution in [-0.2, 0) is 0 Å². The van der Waals surface area contributed by atoms with Crippen LogP contribution in [0.1, 0.15) is 12.8 Å². The summed E-state index contributed by atoms with van der Waals surface area (Å²) in [6, 6.07) is 7.86. The summed E-state index contributed by atoms with van der Waals surface area (Å²) in [5.74, 6) is 0. The lowest BCUT2D eigenvalue weighted by atomic mass is 10.2. The van der Waals surface area contributed by atoms with Crippen LogP contribution in [0.4, 0.5) is 5.69 Å². The fraction of sp³-hybridized carbons (Fsp3) is 0.455. The first kappa shape index (κ1) is 9.81. The maximum absolute atomic E-state index is 6.09. The van der Waals surface area contributed by atoms with Gasteiger partial charge < -0.3 is 10.6 Å². The molecule has 0 unspecified atom stereocenters. The Balaban J connectivity index is 2.10. The minimum atomic E-state index is 0.0356. The number of benzene rings is 1. The molecule has 0 spiro atoms. The van der Waals surface area contributed by atoms with E-state index in [-0.39, 0.29) is 5.54 Å². The lowest BCUT2D eigenvalue weighted by molar-refractivity contribution is 0.660. The van der Waals surface area contributed by atoms with Gasteiger partial charge in [0.05, 0.1) is 10.7 Å². The summed E-state index contributed by atoms with van der Waals surface area (Å²) in [6.07, 6.45) is 2.25. The minimum Gasteiger partial charge on any atom is -0.372 e. The zero-order chi connectivity index (χ0) is 10.2. The second-order valence-corrected chi connectivity index (χ2v) is 4.58. The van der Waals surface area contributed by atoms with Crippen LogP contribution in [0.25, 0.3) is 0 Å². The molecule has 2 nitrogen and oxygen atoms in total. The van der Waals surface area contributed by atoms with Crippen molar-refractivity contribution in [3.63, 3.8) is 0 Å². The van der Waals surface area contributed by atoms with Gasteiger partial charge in [-0.05, 0) is 25.0 Å². The SMILES string of the molecule is CN(CC1(N)CC1)c1ccccc1Cl. The Kier molecular flexibility index (Phi) is 2.41. The summed E-state index contributed by atoms with van der Waals surface area (Å²) in [6.45, 7) is 0.886. The lowest BCUT2D eigenvalue weighted by Gasteiger charge is -2.23. The van der Waals surface area contributed by atoms with Gasteiger partial charge in [-0.1, -0.05) is 23.7 Å². The average molecular weight is 211 g/mol. The molecule has 1 fully saturated rings. The van der Waals surface area contributed by atoms with Gasteiger partial charge in [-0.15, -0.1) is 0 Å². The standard InChI is InChI=1S/C11H15ClN2/c1-14(8-11(13)6-7-11)10-5-3-2-4-9(10)12/h2-5H,6-8,13H2,1H3. The quantitative estimate of drug-likeness (QED) is 0.830. The molecule has 0 atom stereocenters. The van der Waals surface area contributed by atoms with E-state index in [1.807, 2.05) is 31.3 Å². The Hall–Kier alpha value is -0.730. The van der Waals surface area contributed by atoms with Crippen molar-refractivity contribution in [3.05, 3.63) is 29.3 Å². The third kappa shape index (κ3) is 2.02. The van der Waals surface area contributed by atoms with Crippen molar-refractivity contribution in [2.45, 2.75) is 18.4 Å². The molecule has 1 saturated carbocycles. The van der Waals surface area contributed by atoms with E-state index in [0.717, 1.165) is 30.1 Å². The van der Waals surface area contributed by atoms with Gasteiger partial charge in [0.25, 0.3) is 0 Å². The van der Waals surface area contributed by atoms with Crippen LogP contribution in [0.5, 0.6) is 0 Å². The number of hydrogen-bond donors (Lipinski definition) is 1. The Morgan fingerprint density at radius 2 is 2.07 bits per heavy atom. The molecule has 76 valence electrons. The largest absolute Gasteiger partial charge is 0.372 e. The topological polar surface area (TPSA) is 29.3 Å². The summed E-state index contributed by atoms with van der Waals surface area (Å²) in [4.78, 5) is 2.13. The first-order valence-corrected chi connectivity index (χ1v) is 5.23. The highest BCUT2D eigenvalue weighted by Crippen LogP contribution is 2.35. The van der Waals surface area contributed by atoms with E-state index in [1.54, 1.807) is 0 Å². The van der Waals surface area contributed by atoms with Crippen LogP contribution in [0, 0.1) is 0 Å². The Morgan fingerprint density at radius 3 is 2.64 bits per heavy atom. The molecular formula is C11H15ClN2. The van der Waals surface area contributed by atoms with Crippen molar-refractivity contribution < 1.29 is 0 Å². The maximum atomic E-state index is 6.09. The second-order valence-electron chi connectivity index (χ2n) is 4.17. The molecule has 1 aromatic rings.